The average molecular weight is 531 g/mol. The minimum absolute atomic E-state index is 0.0253. The number of likely N-dealkylation sites (tertiary alicyclic amines) is 1. The number of piperidine rings is 1. The van der Waals surface area contributed by atoms with Gasteiger partial charge in [0.1, 0.15) is 11.3 Å². The third-order valence-electron chi connectivity index (χ3n) is 6.49. The molecular weight excluding hydrogens is 494 g/mol. The average Bonchev–Trinajstić information content (AvgIpc) is 2.87. The number of aromatic nitrogens is 1. The molecule has 0 bridgehead atoms. The Morgan fingerprint density at radius 1 is 1.16 bits per heavy atom. The Kier molecular flexibility index (Phi) is 9.06. The Bertz CT molecular complexity index is 1150. The number of alkyl halides is 2. The van der Waals surface area contributed by atoms with Crippen molar-refractivity contribution in [2.24, 2.45) is 5.92 Å². The van der Waals surface area contributed by atoms with E-state index in [1.165, 1.54) is 18.0 Å². The van der Waals surface area contributed by atoms with Gasteiger partial charge in [-0.2, -0.15) is 0 Å². The Labute approximate surface area is 222 Å². The van der Waals surface area contributed by atoms with Crippen LogP contribution in [-0.4, -0.2) is 66.0 Å². The molecule has 38 heavy (non-hydrogen) atoms. The third-order valence-corrected chi connectivity index (χ3v) is 6.49. The summed E-state index contributed by atoms with van der Waals surface area (Å²) in [6, 6.07) is 12.5. The van der Waals surface area contributed by atoms with Crippen molar-refractivity contribution >= 4 is 17.9 Å². The number of rotatable bonds is 7. The van der Waals surface area contributed by atoms with E-state index < -0.39 is 41.8 Å². The highest BCUT2D eigenvalue weighted by molar-refractivity contribution is 5.98. The summed E-state index contributed by atoms with van der Waals surface area (Å²) in [6.45, 7) is 6.81. The van der Waals surface area contributed by atoms with Crippen LogP contribution in [0.2, 0.25) is 0 Å². The van der Waals surface area contributed by atoms with Gasteiger partial charge in [0.05, 0.1) is 0 Å². The first kappa shape index (κ1) is 29.0. The lowest BCUT2D eigenvalue weighted by molar-refractivity contribution is -0.107. The van der Waals surface area contributed by atoms with Crippen LogP contribution in [-0.2, 0) is 4.74 Å². The molecule has 1 saturated heterocycles. The van der Waals surface area contributed by atoms with E-state index in [1.54, 1.807) is 26.8 Å². The van der Waals surface area contributed by atoms with Crippen LogP contribution >= 0.6 is 0 Å². The second-order valence-corrected chi connectivity index (χ2v) is 10.6. The Hall–Kier alpha value is -3.56. The molecule has 1 aromatic carbocycles. The molecule has 1 fully saturated rings. The van der Waals surface area contributed by atoms with Crippen LogP contribution in [0, 0.1) is 5.92 Å². The zero-order chi connectivity index (χ0) is 28.1. The second-order valence-electron chi connectivity index (χ2n) is 10.6. The molecule has 0 spiro atoms. The Morgan fingerprint density at radius 2 is 1.84 bits per heavy atom. The van der Waals surface area contributed by atoms with Crippen molar-refractivity contribution in [3.63, 3.8) is 0 Å². The molecule has 206 valence electrons. The van der Waals surface area contributed by atoms with Crippen molar-refractivity contribution in [2.45, 2.75) is 58.0 Å². The molecule has 10 heteroatoms. The van der Waals surface area contributed by atoms with E-state index in [0.29, 0.717) is 5.69 Å². The molecule has 0 radical (unpaired) electrons. The van der Waals surface area contributed by atoms with Gasteiger partial charge in [0, 0.05) is 56.2 Å². The fraction of sp³-hybridized carbons (Fsp3) is 0.500. The van der Waals surface area contributed by atoms with Crippen LogP contribution in [0.15, 0.2) is 42.5 Å². The second kappa shape index (κ2) is 11.9. The summed E-state index contributed by atoms with van der Waals surface area (Å²) in [5, 5.41) is 5.21. The molecular formula is C28H36F2N4O4. The van der Waals surface area contributed by atoms with Gasteiger partial charge in [0.15, 0.2) is 0 Å². The van der Waals surface area contributed by atoms with Gasteiger partial charge in [-0.1, -0.05) is 37.3 Å². The summed E-state index contributed by atoms with van der Waals surface area (Å²) in [6.07, 6.45) is -1.12. The van der Waals surface area contributed by atoms with Crippen LogP contribution < -0.4 is 10.6 Å². The van der Waals surface area contributed by atoms with E-state index in [2.05, 4.69) is 15.6 Å². The number of carbonyl (C=O) groups excluding carboxylic acids is 3. The van der Waals surface area contributed by atoms with Crippen molar-refractivity contribution in [3.8, 4) is 0 Å². The number of carbonyl (C=O) groups is 3. The lowest BCUT2D eigenvalue weighted by Crippen LogP contribution is -2.51. The fourth-order valence-electron chi connectivity index (χ4n) is 4.30. The Balaban J connectivity index is 1.70. The number of ether oxygens (including phenoxy) is 1. The van der Waals surface area contributed by atoms with E-state index in [-0.39, 0.29) is 43.2 Å². The molecule has 3 rings (SSSR count). The van der Waals surface area contributed by atoms with E-state index in [9.17, 15) is 23.2 Å². The van der Waals surface area contributed by atoms with Gasteiger partial charge in [0.2, 0.25) is 0 Å². The summed E-state index contributed by atoms with van der Waals surface area (Å²) in [5.74, 6) is -5.22. The number of nitrogens with zero attached hydrogens (tertiary/aromatic N) is 2. The summed E-state index contributed by atoms with van der Waals surface area (Å²) in [7, 11) is 1.47. The normalized spacial score (nSPS) is 17.9. The quantitative estimate of drug-likeness (QED) is 0.545. The van der Waals surface area contributed by atoms with E-state index >= 15 is 0 Å². The topological polar surface area (TPSA) is 101 Å². The van der Waals surface area contributed by atoms with Crippen LogP contribution in [0.3, 0.4) is 0 Å². The molecule has 2 heterocycles. The van der Waals surface area contributed by atoms with Gasteiger partial charge in [-0.3, -0.25) is 9.59 Å². The predicted molar refractivity (Wildman–Crippen MR) is 139 cm³/mol. The highest BCUT2D eigenvalue weighted by atomic mass is 19.3. The van der Waals surface area contributed by atoms with Gasteiger partial charge in [0.25, 0.3) is 17.7 Å². The van der Waals surface area contributed by atoms with Crippen LogP contribution in [0.25, 0.3) is 0 Å². The SMILES string of the molecule is CNC(=O)c1cc(C(=O)NCC[C@H]2CN(C(=O)OC(C)(C)C)CCC2(F)F)cc([C@@H](C)c2ccccc2)n1. The minimum atomic E-state index is -2.97. The van der Waals surface area contributed by atoms with Crippen molar-refractivity contribution in [3.05, 3.63) is 65.0 Å². The van der Waals surface area contributed by atoms with Crippen molar-refractivity contribution in [2.75, 3.05) is 26.7 Å². The molecule has 3 amide bonds. The van der Waals surface area contributed by atoms with E-state index in [0.717, 1.165) is 5.56 Å². The maximum Gasteiger partial charge on any atom is 0.410 e. The molecule has 0 aliphatic carbocycles. The van der Waals surface area contributed by atoms with E-state index in [4.69, 9.17) is 4.74 Å². The zero-order valence-electron chi connectivity index (χ0n) is 22.5. The molecule has 0 unspecified atom stereocenters. The highest BCUT2D eigenvalue weighted by Crippen LogP contribution is 2.36. The first-order chi connectivity index (χ1) is 17.8. The summed E-state index contributed by atoms with van der Waals surface area (Å²) < 4.78 is 34.6. The summed E-state index contributed by atoms with van der Waals surface area (Å²) in [4.78, 5) is 43.5. The summed E-state index contributed by atoms with van der Waals surface area (Å²) in [5.41, 5.74) is 1.07. The summed E-state index contributed by atoms with van der Waals surface area (Å²) >= 11 is 0. The molecule has 8 nitrogen and oxygen atoms in total. The van der Waals surface area contributed by atoms with Gasteiger partial charge in [-0.05, 0) is 44.9 Å². The zero-order valence-corrected chi connectivity index (χ0v) is 22.5. The number of halogens is 2. The monoisotopic (exact) mass is 530 g/mol. The van der Waals surface area contributed by atoms with Crippen molar-refractivity contribution in [1.82, 2.24) is 20.5 Å². The molecule has 0 saturated carbocycles. The maximum atomic E-state index is 14.6. The van der Waals surface area contributed by atoms with Gasteiger partial charge in [-0.25, -0.2) is 18.6 Å². The number of amides is 3. The molecule has 1 aromatic heterocycles. The first-order valence-corrected chi connectivity index (χ1v) is 12.7. The molecule has 2 N–H and O–H groups in total. The number of hydrogen-bond acceptors (Lipinski definition) is 5. The lowest BCUT2D eigenvalue weighted by atomic mass is 9.90. The standard InChI is InChI=1S/C28H36F2N4O4/c1-18(19-9-7-6-8-10-19)22-15-20(16-23(33-22)25(36)31-5)24(35)32-13-11-21-17-34(14-12-28(21,29)30)26(37)38-27(2,3)4/h6-10,15-16,18,21H,11-14,17H2,1-5H3,(H,31,36)(H,32,35)/t18-,21-/m0/s1. The maximum absolute atomic E-state index is 14.6. The number of benzene rings is 1. The predicted octanol–water partition coefficient (Wildman–Crippen LogP) is 4.61. The number of hydrogen-bond donors (Lipinski definition) is 2. The molecule has 2 aromatic rings. The fourth-order valence-corrected chi connectivity index (χ4v) is 4.30. The Morgan fingerprint density at radius 3 is 2.47 bits per heavy atom. The minimum Gasteiger partial charge on any atom is -0.444 e. The van der Waals surface area contributed by atoms with Gasteiger partial charge in [-0.15, -0.1) is 0 Å². The molecule has 1 aliphatic rings. The molecule has 1 aliphatic heterocycles. The highest BCUT2D eigenvalue weighted by Gasteiger charge is 2.45. The van der Waals surface area contributed by atoms with E-state index in [1.807, 2.05) is 37.3 Å². The number of pyridine rings is 1. The smallest absolute Gasteiger partial charge is 0.410 e. The largest absolute Gasteiger partial charge is 0.444 e. The molecule has 2 atom stereocenters. The van der Waals surface area contributed by atoms with Crippen LogP contribution in [0.5, 0.6) is 0 Å². The third kappa shape index (κ3) is 7.49. The van der Waals surface area contributed by atoms with Gasteiger partial charge < -0.3 is 20.3 Å². The van der Waals surface area contributed by atoms with Crippen LogP contribution in [0.1, 0.15) is 78.6 Å². The lowest BCUT2D eigenvalue weighted by Gasteiger charge is -2.38. The number of nitrogens with one attached hydrogen (secondary N) is 2. The van der Waals surface area contributed by atoms with Gasteiger partial charge >= 0.3 is 6.09 Å². The van der Waals surface area contributed by atoms with Crippen molar-refractivity contribution < 1.29 is 27.9 Å². The van der Waals surface area contributed by atoms with Crippen molar-refractivity contribution in [1.29, 1.82) is 0 Å². The van der Waals surface area contributed by atoms with Crippen LogP contribution in [0.4, 0.5) is 13.6 Å². The first-order valence-electron chi connectivity index (χ1n) is 12.7.